The van der Waals surface area contributed by atoms with Crippen molar-refractivity contribution in [1.82, 2.24) is 0 Å². The Kier molecular flexibility index (Phi) is 4.99. The molecular weight excluding hydrogens is 384 g/mol. The van der Waals surface area contributed by atoms with Crippen molar-refractivity contribution in [2.24, 2.45) is 4.99 Å². The third kappa shape index (κ3) is 3.49. The summed E-state index contributed by atoms with van der Waals surface area (Å²) < 4.78 is 6.08. The van der Waals surface area contributed by atoms with Gasteiger partial charge in [0.2, 0.25) is 0 Å². The molecule has 0 N–H and O–H groups in total. The molecule has 0 saturated carbocycles. The summed E-state index contributed by atoms with van der Waals surface area (Å²) in [7, 11) is 0. The zero-order valence-electron chi connectivity index (χ0n) is 13.9. The second-order valence-corrected chi connectivity index (χ2v) is 6.47. The maximum atomic E-state index is 12.9. The number of ether oxygens (including phenoxy) is 1. The van der Waals surface area contributed by atoms with Gasteiger partial charge in [0.15, 0.2) is 0 Å². The van der Waals surface area contributed by atoms with Crippen molar-refractivity contribution >= 4 is 39.2 Å². The van der Waals surface area contributed by atoms with E-state index in [2.05, 4.69) is 20.9 Å². The number of nitrogens with zero attached hydrogens (tertiary/aromatic N) is 2. The normalized spacial score (nSPS) is 16.8. The molecule has 1 amide bonds. The summed E-state index contributed by atoms with van der Waals surface area (Å²) in [6.07, 6.45) is -1.20. The van der Waals surface area contributed by atoms with Crippen molar-refractivity contribution in [3.63, 3.8) is 0 Å². The molecule has 1 heterocycles. The van der Waals surface area contributed by atoms with Gasteiger partial charge in [0.05, 0.1) is 11.4 Å². The number of hydrogen-bond acceptors (Lipinski definition) is 4. The topological polar surface area (TPSA) is 59.0 Å². The molecule has 128 valence electrons. The number of carbonyl (C=O) groups is 2. The molecule has 5 nitrogen and oxygen atoms in total. The number of anilines is 1. The Hall–Kier alpha value is -2.47. The molecule has 1 aliphatic heterocycles. The molecular formula is C19H17BrN2O3. The SMILES string of the molecule is CCN1C(=O)[C@@H](OC(C)=O)N=C(c2ccccc2)c2cc(Br)ccc21. The van der Waals surface area contributed by atoms with Gasteiger partial charge in [-0.2, -0.15) is 0 Å². The minimum atomic E-state index is -1.20. The number of rotatable bonds is 3. The Labute approximate surface area is 154 Å². The smallest absolute Gasteiger partial charge is 0.305 e. The Morgan fingerprint density at radius 1 is 1.24 bits per heavy atom. The van der Waals surface area contributed by atoms with Crippen molar-refractivity contribution < 1.29 is 14.3 Å². The van der Waals surface area contributed by atoms with E-state index in [0.717, 1.165) is 21.3 Å². The van der Waals surface area contributed by atoms with E-state index in [9.17, 15) is 9.59 Å². The summed E-state index contributed by atoms with van der Waals surface area (Å²) in [6, 6.07) is 15.2. The predicted molar refractivity (Wildman–Crippen MR) is 99.8 cm³/mol. The Morgan fingerprint density at radius 3 is 2.60 bits per heavy atom. The van der Waals surface area contributed by atoms with E-state index in [0.29, 0.717) is 12.3 Å². The van der Waals surface area contributed by atoms with Crippen LogP contribution in [0, 0.1) is 0 Å². The summed E-state index contributed by atoms with van der Waals surface area (Å²) in [4.78, 5) is 30.4. The van der Waals surface area contributed by atoms with Gasteiger partial charge in [-0.25, -0.2) is 4.99 Å². The lowest BCUT2D eigenvalue weighted by Gasteiger charge is -2.23. The fraction of sp³-hybridized carbons (Fsp3) is 0.211. The van der Waals surface area contributed by atoms with Crippen LogP contribution in [0.3, 0.4) is 0 Å². The van der Waals surface area contributed by atoms with Crippen molar-refractivity contribution in [1.29, 1.82) is 0 Å². The fourth-order valence-corrected chi connectivity index (χ4v) is 3.17. The Morgan fingerprint density at radius 2 is 1.96 bits per heavy atom. The summed E-state index contributed by atoms with van der Waals surface area (Å²) in [6.45, 7) is 3.60. The molecule has 0 unspecified atom stereocenters. The van der Waals surface area contributed by atoms with Gasteiger partial charge < -0.3 is 9.64 Å². The van der Waals surface area contributed by atoms with Gasteiger partial charge in [-0.1, -0.05) is 46.3 Å². The summed E-state index contributed by atoms with van der Waals surface area (Å²) in [5.74, 6) is -0.898. The number of esters is 1. The van der Waals surface area contributed by atoms with E-state index >= 15 is 0 Å². The number of benzene rings is 2. The number of fused-ring (bicyclic) bond motifs is 1. The van der Waals surface area contributed by atoms with Gasteiger partial charge in [-0.15, -0.1) is 0 Å². The average molecular weight is 401 g/mol. The first kappa shape index (κ1) is 17.4. The van der Waals surface area contributed by atoms with Crippen LogP contribution in [-0.4, -0.2) is 30.4 Å². The molecule has 1 atom stereocenters. The van der Waals surface area contributed by atoms with Crippen molar-refractivity contribution in [3.05, 3.63) is 64.1 Å². The van der Waals surface area contributed by atoms with E-state index in [4.69, 9.17) is 4.74 Å². The summed E-state index contributed by atoms with van der Waals surface area (Å²) in [5, 5.41) is 0. The molecule has 0 bridgehead atoms. The average Bonchev–Trinajstić information content (AvgIpc) is 2.70. The van der Waals surface area contributed by atoms with Crippen LogP contribution in [0.15, 0.2) is 58.0 Å². The molecule has 0 aromatic heterocycles. The fourth-order valence-electron chi connectivity index (χ4n) is 2.81. The molecule has 0 saturated heterocycles. The Bertz CT molecular complexity index is 849. The lowest BCUT2D eigenvalue weighted by Crippen LogP contribution is -2.39. The predicted octanol–water partition coefficient (Wildman–Crippen LogP) is 3.54. The van der Waals surface area contributed by atoms with Gasteiger partial charge in [-0.3, -0.25) is 9.59 Å². The lowest BCUT2D eigenvalue weighted by molar-refractivity contribution is -0.152. The third-order valence-electron chi connectivity index (χ3n) is 3.87. The molecule has 0 radical (unpaired) electrons. The molecule has 0 spiro atoms. The van der Waals surface area contributed by atoms with Crippen LogP contribution in [0.2, 0.25) is 0 Å². The zero-order valence-corrected chi connectivity index (χ0v) is 15.5. The first-order valence-corrected chi connectivity index (χ1v) is 8.72. The van der Waals surface area contributed by atoms with E-state index in [1.807, 2.05) is 55.5 Å². The quantitative estimate of drug-likeness (QED) is 0.740. The van der Waals surface area contributed by atoms with Crippen LogP contribution in [0.25, 0.3) is 0 Å². The molecule has 2 aromatic carbocycles. The van der Waals surface area contributed by atoms with Gasteiger partial charge in [0.1, 0.15) is 0 Å². The summed E-state index contributed by atoms with van der Waals surface area (Å²) >= 11 is 3.48. The minimum absolute atomic E-state index is 0.354. The largest absolute Gasteiger partial charge is 0.430 e. The number of hydrogen-bond donors (Lipinski definition) is 0. The maximum absolute atomic E-state index is 12.9. The number of carbonyl (C=O) groups excluding carboxylic acids is 2. The van der Waals surface area contributed by atoms with Crippen LogP contribution in [0.1, 0.15) is 25.0 Å². The molecule has 25 heavy (non-hydrogen) atoms. The van der Waals surface area contributed by atoms with Gasteiger partial charge >= 0.3 is 5.97 Å². The minimum Gasteiger partial charge on any atom is -0.430 e. The summed E-state index contributed by atoms with van der Waals surface area (Å²) in [5.41, 5.74) is 3.02. The van der Waals surface area contributed by atoms with E-state index in [1.165, 1.54) is 6.92 Å². The van der Waals surface area contributed by atoms with Crippen LogP contribution in [-0.2, 0) is 14.3 Å². The molecule has 1 aliphatic rings. The van der Waals surface area contributed by atoms with E-state index in [-0.39, 0.29) is 5.91 Å². The van der Waals surface area contributed by atoms with Gasteiger partial charge in [0, 0.05) is 29.1 Å². The highest BCUT2D eigenvalue weighted by molar-refractivity contribution is 9.10. The highest BCUT2D eigenvalue weighted by Crippen LogP contribution is 2.31. The second-order valence-electron chi connectivity index (χ2n) is 5.55. The highest BCUT2D eigenvalue weighted by atomic mass is 79.9. The first-order chi connectivity index (χ1) is 12.0. The van der Waals surface area contributed by atoms with Crippen molar-refractivity contribution in [2.75, 3.05) is 11.4 Å². The highest BCUT2D eigenvalue weighted by Gasteiger charge is 2.33. The molecule has 2 aromatic rings. The number of amides is 1. The zero-order chi connectivity index (χ0) is 18.0. The third-order valence-corrected chi connectivity index (χ3v) is 4.36. The number of aliphatic imine (C=N–C) groups is 1. The van der Waals surface area contributed by atoms with Crippen molar-refractivity contribution in [3.8, 4) is 0 Å². The molecule has 3 rings (SSSR count). The van der Waals surface area contributed by atoms with Crippen LogP contribution >= 0.6 is 15.9 Å². The van der Waals surface area contributed by atoms with Gasteiger partial charge in [-0.05, 0) is 25.1 Å². The number of halogens is 1. The molecule has 0 fully saturated rings. The van der Waals surface area contributed by atoms with E-state index in [1.54, 1.807) is 4.90 Å². The standard InChI is InChI=1S/C19H17BrN2O3/c1-3-22-16-10-9-14(20)11-15(16)17(13-7-5-4-6-8-13)21-18(19(22)24)25-12(2)23/h4-11,18H,3H2,1-2H3/t18-/m1/s1. The van der Waals surface area contributed by atoms with Crippen molar-refractivity contribution in [2.45, 2.75) is 20.1 Å². The molecule has 6 heteroatoms. The monoisotopic (exact) mass is 400 g/mol. The first-order valence-electron chi connectivity index (χ1n) is 7.93. The van der Waals surface area contributed by atoms with E-state index < -0.39 is 12.2 Å². The number of likely N-dealkylation sites (N-methyl/N-ethyl adjacent to an activating group) is 1. The van der Waals surface area contributed by atoms with Crippen LogP contribution < -0.4 is 4.90 Å². The number of benzodiazepines with no additional fused rings is 1. The lowest BCUT2D eigenvalue weighted by atomic mass is 10.0. The Balaban J connectivity index is 2.25. The van der Waals surface area contributed by atoms with Gasteiger partial charge in [0.25, 0.3) is 12.1 Å². The maximum Gasteiger partial charge on any atom is 0.305 e. The van der Waals surface area contributed by atoms with Crippen LogP contribution in [0.4, 0.5) is 5.69 Å². The van der Waals surface area contributed by atoms with Crippen LogP contribution in [0.5, 0.6) is 0 Å². The second kappa shape index (κ2) is 7.19. The molecule has 0 aliphatic carbocycles.